The third kappa shape index (κ3) is 0.495. The monoisotopic (exact) mass is 166 g/mol. The summed E-state index contributed by atoms with van der Waals surface area (Å²) in [5.74, 6) is 8.51. The molecule has 3 rings (SSSR count). The second-order valence-corrected chi connectivity index (χ2v) is 5.71. The van der Waals surface area contributed by atoms with Crippen LogP contribution in [-0.2, 0) is 0 Å². The predicted molar refractivity (Wildman–Crippen MR) is 48.1 cm³/mol. The lowest BCUT2D eigenvalue weighted by Crippen LogP contribution is -2.79. The Morgan fingerprint density at radius 2 is 1.92 bits per heavy atom. The van der Waals surface area contributed by atoms with Crippen LogP contribution in [0.2, 0.25) is 0 Å². The minimum atomic E-state index is 0.652. The Labute approximate surface area is 73.9 Å². The molecule has 0 saturated heterocycles. The summed E-state index contributed by atoms with van der Waals surface area (Å²) < 4.78 is 0. The van der Waals surface area contributed by atoms with Crippen molar-refractivity contribution >= 4 is 0 Å². The van der Waals surface area contributed by atoms with E-state index in [0.717, 1.165) is 24.3 Å². The molecule has 0 heterocycles. The average molecular weight is 166 g/mol. The van der Waals surface area contributed by atoms with Crippen molar-refractivity contribution in [1.29, 1.82) is 0 Å². The zero-order chi connectivity index (χ0) is 8.56. The highest BCUT2D eigenvalue weighted by molar-refractivity contribution is 5.26. The van der Waals surface area contributed by atoms with Crippen LogP contribution in [0.3, 0.4) is 0 Å². The Morgan fingerprint density at radius 1 is 1.33 bits per heavy atom. The van der Waals surface area contributed by atoms with Gasteiger partial charge in [0, 0.05) is 6.54 Å². The summed E-state index contributed by atoms with van der Waals surface area (Å²) in [5.41, 5.74) is 4.18. The van der Waals surface area contributed by atoms with Crippen molar-refractivity contribution in [3.05, 3.63) is 0 Å². The van der Waals surface area contributed by atoms with Gasteiger partial charge in [0.1, 0.15) is 0 Å². The molecule has 2 unspecified atom stereocenters. The van der Waals surface area contributed by atoms with Crippen LogP contribution in [0.5, 0.6) is 0 Å². The molecule has 0 aliphatic heterocycles. The molecule has 3 N–H and O–H groups in total. The van der Waals surface area contributed by atoms with E-state index in [4.69, 9.17) is 5.84 Å². The average Bonchev–Trinajstić information content (AvgIpc) is 1.98. The van der Waals surface area contributed by atoms with E-state index in [2.05, 4.69) is 19.3 Å². The fourth-order valence-corrected chi connectivity index (χ4v) is 4.37. The zero-order valence-corrected chi connectivity index (χ0v) is 7.93. The highest BCUT2D eigenvalue weighted by Gasteiger charge is 2.78. The molecule has 3 aliphatic rings. The van der Waals surface area contributed by atoms with Gasteiger partial charge in [-0.3, -0.25) is 11.3 Å². The Morgan fingerprint density at radius 3 is 2.33 bits per heavy atom. The number of nitrogens with two attached hydrogens (primary N) is 1. The van der Waals surface area contributed by atoms with Gasteiger partial charge >= 0.3 is 0 Å². The number of hydrogen-bond donors (Lipinski definition) is 2. The molecule has 2 nitrogen and oxygen atoms in total. The number of nitrogens with one attached hydrogen (secondary N) is 1. The molecule has 2 heteroatoms. The zero-order valence-electron chi connectivity index (χ0n) is 7.93. The van der Waals surface area contributed by atoms with Crippen LogP contribution in [0.15, 0.2) is 0 Å². The first kappa shape index (κ1) is 7.34. The lowest BCUT2D eigenvalue weighted by atomic mass is 9.22. The van der Waals surface area contributed by atoms with Gasteiger partial charge in [0.25, 0.3) is 0 Å². The normalized spacial score (nSPS) is 57.8. The van der Waals surface area contributed by atoms with Gasteiger partial charge in [-0.05, 0) is 41.4 Å². The van der Waals surface area contributed by atoms with Crippen molar-refractivity contribution in [2.45, 2.75) is 26.7 Å². The van der Waals surface area contributed by atoms with E-state index >= 15 is 0 Å². The SMILES string of the molecule is CC1(C)C2CC3(CNN)CC1C23. The van der Waals surface area contributed by atoms with Crippen molar-refractivity contribution in [3.8, 4) is 0 Å². The van der Waals surface area contributed by atoms with Crippen LogP contribution in [0.1, 0.15) is 26.7 Å². The maximum absolute atomic E-state index is 5.40. The molecule has 0 aromatic rings. The predicted octanol–water partition coefficient (Wildman–Crippen LogP) is 1.13. The molecule has 0 radical (unpaired) electrons. The molecule has 0 aromatic carbocycles. The highest BCUT2D eigenvalue weighted by Crippen LogP contribution is 2.83. The molecule has 2 atom stereocenters. The van der Waals surface area contributed by atoms with E-state index in [1.54, 1.807) is 0 Å². The third-order valence-electron chi connectivity index (χ3n) is 5.19. The second kappa shape index (κ2) is 1.73. The first-order valence-corrected chi connectivity index (χ1v) is 5.05. The maximum Gasteiger partial charge on any atom is 0.0157 e. The molecule has 3 fully saturated rings. The molecular formula is C10H18N2. The van der Waals surface area contributed by atoms with Gasteiger partial charge in [-0.25, -0.2) is 0 Å². The van der Waals surface area contributed by atoms with Gasteiger partial charge in [0.15, 0.2) is 0 Å². The van der Waals surface area contributed by atoms with Gasteiger partial charge in [-0.2, -0.15) is 0 Å². The lowest BCUT2D eigenvalue weighted by molar-refractivity contribution is -0.347. The topological polar surface area (TPSA) is 38.0 Å². The number of rotatable bonds is 2. The van der Waals surface area contributed by atoms with Crippen LogP contribution < -0.4 is 11.3 Å². The summed E-state index contributed by atoms with van der Waals surface area (Å²) in [6.45, 7) is 5.94. The van der Waals surface area contributed by atoms with Gasteiger partial charge in [-0.1, -0.05) is 13.8 Å². The van der Waals surface area contributed by atoms with Crippen LogP contribution in [0.25, 0.3) is 0 Å². The van der Waals surface area contributed by atoms with Crippen molar-refractivity contribution in [2.75, 3.05) is 6.54 Å². The van der Waals surface area contributed by atoms with Gasteiger partial charge in [0.05, 0.1) is 0 Å². The Bertz CT molecular complexity index is 218. The summed E-state index contributed by atoms with van der Waals surface area (Å²) in [6.07, 6.45) is 2.87. The van der Waals surface area contributed by atoms with E-state index in [1.165, 1.54) is 12.8 Å². The molecule has 0 spiro atoms. The summed E-state index contributed by atoms with van der Waals surface area (Å²) in [4.78, 5) is 0. The minimum Gasteiger partial charge on any atom is -0.271 e. The molecular weight excluding hydrogens is 148 g/mol. The lowest BCUT2D eigenvalue weighted by Gasteiger charge is -2.83. The summed E-state index contributed by atoms with van der Waals surface area (Å²) in [7, 11) is 0. The van der Waals surface area contributed by atoms with E-state index < -0.39 is 0 Å². The molecule has 0 aromatic heterocycles. The molecule has 0 bridgehead atoms. The third-order valence-corrected chi connectivity index (χ3v) is 5.19. The molecule has 68 valence electrons. The minimum absolute atomic E-state index is 0.652. The standard InChI is InChI=1S/C10H18N2/c1-9(2)6-3-10(5-12-11)4-7(9)8(6)10/h6-8,12H,3-5,11H2,1-2H3. The quantitative estimate of drug-likeness (QED) is 0.477. The van der Waals surface area contributed by atoms with Crippen molar-refractivity contribution in [2.24, 2.45) is 34.4 Å². The maximum atomic E-state index is 5.40. The number of hydrazine groups is 1. The summed E-state index contributed by atoms with van der Waals surface area (Å²) >= 11 is 0. The fourth-order valence-electron chi connectivity index (χ4n) is 4.37. The van der Waals surface area contributed by atoms with Crippen LogP contribution in [0.4, 0.5) is 0 Å². The van der Waals surface area contributed by atoms with Crippen LogP contribution in [-0.4, -0.2) is 6.54 Å². The Hall–Kier alpha value is -0.0800. The first-order chi connectivity index (χ1) is 5.62. The van der Waals surface area contributed by atoms with Crippen molar-refractivity contribution in [1.82, 2.24) is 5.43 Å². The van der Waals surface area contributed by atoms with Gasteiger partial charge in [0.2, 0.25) is 0 Å². The van der Waals surface area contributed by atoms with Crippen molar-refractivity contribution < 1.29 is 0 Å². The van der Waals surface area contributed by atoms with Crippen LogP contribution >= 0.6 is 0 Å². The molecule has 3 saturated carbocycles. The molecule has 0 amide bonds. The second-order valence-electron chi connectivity index (χ2n) is 5.71. The highest BCUT2D eigenvalue weighted by atomic mass is 15.2. The molecule has 3 aliphatic carbocycles. The Kier molecular flexibility index (Phi) is 1.06. The Balaban J connectivity index is 1.77. The largest absolute Gasteiger partial charge is 0.271 e. The smallest absolute Gasteiger partial charge is 0.0157 e. The van der Waals surface area contributed by atoms with E-state index in [9.17, 15) is 0 Å². The summed E-state index contributed by atoms with van der Waals surface area (Å²) in [6, 6.07) is 0. The number of hydrogen-bond acceptors (Lipinski definition) is 2. The fraction of sp³-hybridized carbons (Fsp3) is 1.00. The van der Waals surface area contributed by atoms with E-state index in [1.807, 2.05) is 0 Å². The molecule has 12 heavy (non-hydrogen) atoms. The van der Waals surface area contributed by atoms with E-state index in [0.29, 0.717) is 10.8 Å². The first-order valence-electron chi connectivity index (χ1n) is 5.05. The van der Waals surface area contributed by atoms with Crippen molar-refractivity contribution in [3.63, 3.8) is 0 Å². The summed E-state index contributed by atoms with van der Waals surface area (Å²) in [5, 5.41) is 0. The van der Waals surface area contributed by atoms with Gasteiger partial charge < -0.3 is 0 Å². The van der Waals surface area contributed by atoms with Gasteiger partial charge in [-0.15, -0.1) is 0 Å². The van der Waals surface area contributed by atoms with Crippen LogP contribution in [0, 0.1) is 28.6 Å². The van der Waals surface area contributed by atoms with E-state index in [-0.39, 0.29) is 0 Å².